The molecule has 2 aromatic carbocycles. The summed E-state index contributed by atoms with van der Waals surface area (Å²) in [6.45, 7) is 2.90. The lowest BCUT2D eigenvalue weighted by molar-refractivity contribution is 0.0937. The third-order valence-corrected chi connectivity index (χ3v) is 5.54. The number of hydrogen-bond acceptors (Lipinski definition) is 4. The number of para-hydroxylation sites is 1. The van der Waals surface area contributed by atoms with Gasteiger partial charge in [-0.1, -0.05) is 18.2 Å². The highest BCUT2D eigenvalue weighted by molar-refractivity contribution is 7.92. The van der Waals surface area contributed by atoms with Crippen molar-refractivity contribution in [3.63, 3.8) is 0 Å². The molecule has 2 aromatic rings. The van der Waals surface area contributed by atoms with Gasteiger partial charge in [0, 0.05) is 25.8 Å². The molecule has 0 heterocycles. The average molecular weight is 362 g/mol. The lowest BCUT2D eigenvalue weighted by atomic mass is 10.2. The SMILES string of the molecule is CCN(c1ccccc1)S(=O)(=O)c1ccc(C(=O)NCCOC)cc1. The van der Waals surface area contributed by atoms with Gasteiger partial charge < -0.3 is 10.1 Å². The molecular weight excluding hydrogens is 340 g/mol. The highest BCUT2D eigenvalue weighted by Gasteiger charge is 2.23. The quantitative estimate of drug-likeness (QED) is 0.731. The number of rotatable bonds is 8. The molecule has 6 nitrogen and oxygen atoms in total. The minimum absolute atomic E-state index is 0.145. The summed E-state index contributed by atoms with van der Waals surface area (Å²) in [6, 6.07) is 14.8. The van der Waals surface area contributed by atoms with Gasteiger partial charge in [0.25, 0.3) is 15.9 Å². The van der Waals surface area contributed by atoms with Crippen molar-refractivity contribution in [2.24, 2.45) is 0 Å². The molecular formula is C18H22N2O4S. The number of carbonyl (C=O) groups excluding carboxylic acids is 1. The van der Waals surface area contributed by atoms with Crippen LogP contribution >= 0.6 is 0 Å². The van der Waals surface area contributed by atoms with Crippen LogP contribution in [-0.2, 0) is 14.8 Å². The van der Waals surface area contributed by atoms with Gasteiger partial charge in [0.15, 0.2) is 0 Å². The second kappa shape index (κ2) is 8.64. The van der Waals surface area contributed by atoms with Gasteiger partial charge in [-0.2, -0.15) is 0 Å². The minimum atomic E-state index is -3.69. The Kier molecular flexibility index (Phi) is 6.55. The number of benzene rings is 2. The van der Waals surface area contributed by atoms with Crippen LogP contribution in [0, 0.1) is 0 Å². The highest BCUT2D eigenvalue weighted by Crippen LogP contribution is 2.23. The van der Waals surface area contributed by atoms with Crippen molar-refractivity contribution >= 4 is 21.6 Å². The Hall–Kier alpha value is -2.38. The second-order valence-electron chi connectivity index (χ2n) is 5.28. The molecule has 7 heteroatoms. The molecule has 0 radical (unpaired) electrons. The third kappa shape index (κ3) is 4.58. The highest BCUT2D eigenvalue weighted by atomic mass is 32.2. The number of carbonyl (C=O) groups is 1. The second-order valence-corrected chi connectivity index (χ2v) is 7.14. The molecule has 0 unspecified atom stereocenters. The molecule has 0 saturated carbocycles. The fraction of sp³-hybridized carbons (Fsp3) is 0.278. The van der Waals surface area contributed by atoms with Crippen molar-refractivity contribution in [1.29, 1.82) is 0 Å². The number of anilines is 1. The van der Waals surface area contributed by atoms with E-state index >= 15 is 0 Å². The first-order chi connectivity index (χ1) is 12.0. The van der Waals surface area contributed by atoms with E-state index < -0.39 is 10.0 Å². The molecule has 134 valence electrons. The van der Waals surface area contributed by atoms with Crippen molar-refractivity contribution in [3.05, 3.63) is 60.2 Å². The fourth-order valence-corrected chi connectivity index (χ4v) is 3.83. The third-order valence-electron chi connectivity index (χ3n) is 3.63. The molecule has 0 aliphatic heterocycles. The maximum absolute atomic E-state index is 12.9. The van der Waals surface area contributed by atoms with Crippen LogP contribution in [0.2, 0.25) is 0 Å². The van der Waals surface area contributed by atoms with E-state index in [4.69, 9.17) is 4.74 Å². The van der Waals surface area contributed by atoms with E-state index in [1.807, 2.05) is 6.07 Å². The van der Waals surface area contributed by atoms with E-state index in [1.54, 1.807) is 38.3 Å². The average Bonchev–Trinajstić information content (AvgIpc) is 2.63. The summed E-state index contributed by atoms with van der Waals surface area (Å²) >= 11 is 0. The zero-order chi connectivity index (χ0) is 18.3. The number of sulfonamides is 1. The maximum Gasteiger partial charge on any atom is 0.264 e. The van der Waals surface area contributed by atoms with Crippen LogP contribution < -0.4 is 9.62 Å². The number of hydrogen-bond donors (Lipinski definition) is 1. The number of ether oxygens (including phenoxy) is 1. The maximum atomic E-state index is 12.9. The molecule has 1 N–H and O–H groups in total. The van der Waals surface area contributed by atoms with Gasteiger partial charge in [-0.3, -0.25) is 9.10 Å². The summed E-state index contributed by atoms with van der Waals surface area (Å²) in [4.78, 5) is 12.1. The van der Waals surface area contributed by atoms with Gasteiger partial charge in [-0.25, -0.2) is 8.42 Å². The van der Waals surface area contributed by atoms with Gasteiger partial charge in [-0.05, 0) is 43.3 Å². The number of amides is 1. The Bertz CT molecular complexity index is 790. The first kappa shape index (κ1) is 19.0. The summed E-state index contributed by atoms with van der Waals surface area (Å²) in [5.74, 6) is -0.267. The van der Waals surface area contributed by atoms with Crippen LogP contribution in [0.3, 0.4) is 0 Å². The number of nitrogens with one attached hydrogen (secondary N) is 1. The van der Waals surface area contributed by atoms with Gasteiger partial charge >= 0.3 is 0 Å². The first-order valence-electron chi connectivity index (χ1n) is 7.95. The summed E-state index contributed by atoms with van der Waals surface area (Å²) < 4.78 is 31.9. The first-order valence-corrected chi connectivity index (χ1v) is 9.39. The lowest BCUT2D eigenvalue weighted by Crippen LogP contribution is -2.31. The van der Waals surface area contributed by atoms with Gasteiger partial charge in [0.05, 0.1) is 17.2 Å². The van der Waals surface area contributed by atoms with E-state index in [2.05, 4.69) is 5.32 Å². The monoisotopic (exact) mass is 362 g/mol. The van der Waals surface area contributed by atoms with Crippen molar-refractivity contribution in [2.75, 3.05) is 31.1 Å². The van der Waals surface area contributed by atoms with Gasteiger partial charge in [0.2, 0.25) is 0 Å². The smallest absolute Gasteiger partial charge is 0.264 e. The Morgan fingerprint density at radius 3 is 2.28 bits per heavy atom. The predicted octanol–water partition coefficient (Wildman–Crippen LogP) is 2.28. The molecule has 0 fully saturated rings. The normalized spacial score (nSPS) is 11.1. The number of methoxy groups -OCH3 is 1. The zero-order valence-corrected chi connectivity index (χ0v) is 15.1. The summed E-state index contributed by atoms with van der Waals surface area (Å²) in [5.41, 5.74) is 1.00. The van der Waals surface area contributed by atoms with E-state index in [0.29, 0.717) is 30.9 Å². The van der Waals surface area contributed by atoms with Crippen LogP contribution in [0.4, 0.5) is 5.69 Å². The minimum Gasteiger partial charge on any atom is -0.383 e. The molecule has 0 aliphatic rings. The molecule has 0 atom stereocenters. The van der Waals surface area contributed by atoms with E-state index in [1.165, 1.54) is 28.6 Å². The van der Waals surface area contributed by atoms with Crippen LogP contribution in [0.1, 0.15) is 17.3 Å². The topological polar surface area (TPSA) is 75.7 Å². The summed E-state index contributed by atoms with van der Waals surface area (Å²) in [5, 5.41) is 2.69. The van der Waals surface area contributed by atoms with Crippen molar-refractivity contribution in [3.8, 4) is 0 Å². The largest absolute Gasteiger partial charge is 0.383 e. The Morgan fingerprint density at radius 1 is 1.08 bits per heavy atom. The van der Waals surface area contributed by atoms with Crippen molar-refractivity contribution in [1.82, 2.24) is 5.32 Å². The molecule has 0 aliphatic carbocycles. The molecule has 1 amide bonds. The Labute approximate surface area is 148 Å². The summed E-state index contributed by atoms with van der Waals surface area (Å²) in [6.07, 6.45) is 0. The van der Waals surface area contributed by atoms with Gasteiger partial charge in [0.1, 0.15) is 0 Å². The van der Waals surface area contributed by atoms with Crippen molar-refractivity contribution in [2.45, 2.75) is 11.8 Å². The molecule has 25 heavy (non-hydrogen) atoms. The molecule has 0 aromatic heterocycles. The van der Waals surface area contributed by atoms with Crippen molar-refractivity contribution < 1.29 is 17.9 Å². The van der Waals surface area contributed by atoms with E-state index in [-0.39, 0.29) is 10.8 Å². The Morgan fingerprint density at radius 2 is 1.72 bits per heavy atom. The van der Waals surface area contributed by atoms with Crippen LogP contribution in [0.15, 0.2) is 59.5 Å². The van der Waals surface area contributed by atoms with Crippen LogP contribution in [0.25, 0.3) is 0 Å². The molecule has 0 bridgehead atoms. The van der Waals surface area contributed by atoms with E-state index in [0.717, 1.165) is 0 Å². The Balaban J connectivity index is 2.21. The van der Waals surface area contributed by atoms with Crippen LogP contribution in [0.5, 0.6) is 0 Å². The van der Waals surface area contributed by atoms with E-state index in [9.17, 15) is 13.2 Å². The standard InChI is InChI=1S/C18H22N2O4S/c1-3-20(16-7-5-4-6-8-16)25(22,23)17-11-9-15(10-12-17)18(21)19-13-14-24-2/h4-12H,3,13-14H2,1-2H3,(H,19,21). The van der Waals surface area contributed by atoms with Gasteiger partial charge in [-0.15, -0.1) is 0 Å². The zero-order valence-electron chi connectivity index (χ0n) is 14.3. The predicted molar refractivity (Wildman–Crippen MR) is 97.3 cm³/mol. The molecule has 0 saturated heterocycles. The molecule has 2 rings (SSSR count). The fourth-order valence-electron chi connectivity index (χ4n) is 2.36. The molecule has 0 spiro atoms. The summed E-state index contributed by atoms with van der Waals surface area (Å²) in [7, 11) is -2.13. The lowest BCUT2D eigenvalue weighted by Gasteiger charge is -2.23. The van der Waals surface area contributed by atoms with Crippen LogP contribution in [-0.4, -0.2) is 41.1 Å². The number of nitrogens with zero attached hydrogens (tertiary/aromatic N) is 1.